The zero-order valence-electron chi connectivity index (χ0n) is 9.59. The number of rotatable bonds is 0. The van der Waals surface area contributed by atoms with Crippen molar-refractivity contribution in [3.63, 3.8) is 0 Å². The number of aryl methyl sites for hydroxylation is 2. The molecule has 0 atom stereocenters. The van der Waals surface area contributed by atoms with Gasteiger partial charge in [0.2, 0.25) is 0 Å². The summed E-state index contributed by atoms with van der Waals surface area (Å²) in [6.07, 6.45) is 5.21. The van der Waals surface area contributed by atoms with Crippen molar-refractivity contribution in [3.8, 4) is 12.5 Å². The minimum atomic E-state index is -0.545. The monoisotopic (exact) mass is 234 g/mol. The summed E-state index contributed by atoms with van der Waals surface area (Å²) in [7, 11) is 4.24. The molecule has 2 aromatic heterocycles. The quantitative estimate of drug-likeness (QED) is 0.504. The van der Waals surface area contributed by atoms with Gasteiger partial charge in [-0.2, -0.15) is 0 Å². The highest BCUT2D eigenvalue weighted by Crippen LogP contribution is 2.02. The van der Waals surface area contributed by atoms with Crippen molar-refractivity contribution in [2.45, 2.75) is 0 Å². The molecule has 0 amide bonds. The van der Waals surface area contributed by atoms with Crippen LogP contribution in [0.25, 0.3) is 11.2 Å². The molecular weight excluding hydrogens is 224 g/mol. The molecule has 0 aliphatic carbocycles. The summed E-state index contributed by atoms with van der Waals surface area (Å²) in [5, 5.41) is 0. The van der Waals surface area contributed by atoms with E-state index in [0.29, 0.717) is 0 Å². The van der Waals surface area contributed by atoms with E-state index in [9.17, 15) is 14.4 Å². The Bertz CT molecular complexity index is 838. The summed E-state index contributed by atoms with van der Waals surface area (Å²) in [5.41, 5.74) is -1.36. The minimum Gasteiger partial charge on any atom is -0.288 e. The summed E-state index contributed by atoms with van der Waals surface area (Å²) in [6.45, 7) is 0. The lowest BCUT2D eigenvalue weighted by atomic mass is 10.5. The van der Waals surface area contributed by atoms with E-state index in [-0.39, 0.29) is 11.2 Å². The molecule has 0 saturated heterocycles. The molecule has 0 radical (unpaired) electrons. The first-order chi connectivity index (χ1) is 7.91. The number of fused-ring (bicyclic) bond motifs is 1. The second kappa shape index (κ2) is 3.25. The number of hydrogen-bond donors (Lipinski definition) is 0. The first kappa shape index (κ1) is 11.0. The predicted molar refractivity (Wildman–Crippen MR) is 61.9 cm³/mol. The van der Waals surface area contributed by atoms with Crippen LogP contribution in [-0.2, 0) is 21.1 Å². The maximum atomic E-state index is 11.9. The Balaban J connectivity index is 3.38. The van der Waals surface area contributed by atoms with Crippen LogP contribution >= 0.6 is 0 Å². The molecule has 0 fully saturated rings. The van der Waals surface area contributed by atoms with Gasteiger partial charge >= 0.3 is 11.4 Å². The Morgan fingerprint density at radius 2 is 1.53 bits per heavy atom. The van der Waals surface area contributed by atoms with Crippen LogP contribution < -0.4 is 16.9 Å². The Morgan fingerprint density at radius 1 is 0.941 bits per heavy atom. The fourth-order valence-corrected chi connectivity index (χ4v) is 1.82. The number of nitrogens with zero attached hydrogens (tertiary/aromatic N) is 4. The molecule has 2 heterocycles. The lowest BCUT2D eigenvalue weighted by Crippen LogP contribution is -2.37. The van der Waals surface area contributed by atoms with E-state index < -0.39 is 16.9 Å². The summed E-state index contributed by atoms with van der Waals surface area (Å²) < 4.78 is 4.19. The molecule has 0 aliphatic rings. The number of terminal acetylenes is 1. The molecule has 0 aromatic carbocycles. The summed E-state index contributed by atoms with van der Waals surface area (Å²) in [6, 6.07) is 2.15. The van der Waals surface area contributed by atoms with Gasteiger partial charge in [0.15, 0.2) is 11.2 Å². The topological polar surface area (TPSA) is 70.9 Å². The fourth-order valence-electron chi connectivity index (χ4n) is 1.82. The molecule has 0 unspecified atom stereocenters. The standard InChI is InChI=1S/C10H10N4O3/c1-5-14-7-6(11(2)10(14)17)8(15)13(4)9(16)12(7)3/h1H,2-4H3. The summed E-state index contributed by atoms with van der Waals surface area (Å²) >= 11 is 0. The molecule has 0 N–H and O–H groups in total. The van der Waals surface area contributed by atoms with E-state index in [1.165, 1.54) is 25.7 Å². The zero-order valence-corrected chi connectivity index (χ0v) is 9.59. The van der Waals surface area contributed by atoms with Gasteiger partial charge in [-0.05, 0) is 0 Å². The van der Waals surface area contributed by atoms with Gasteiger partial charge in [0, 0.05) is 27.2 Å². The first-order valence-corrected chi connectivity index (χ1v) is 4.76. The van der Waals surface area contributed by atoms with E-state index >= 15 is 0 Å². The van der Waals surface area contributed by atoms with E-state index in [1.54, 1.807) is 0 Å². The molecule has 2 aromatic rings. The lowest BCUT2D eigenvalue weighted by molar-refractivity contribution is 0.703. The van der Waals surface area contributed by atoms with Gasteiger partial charge in [-0.15, -0.1) is 0 Å². The zero-order chi connectivity index (χ0) is 12.9. The van der Waals surface area contributed by atoms with Crippen LogP contribution in [0.15, 0.2) is 14.4 Å². The normalized spacial score (nSPS) is 10.7. The molecule has 0 bridgehead atoms. The van der Waals surface area contributed by atoms with Gasteiger partial charge in [0.1, 0.15) is 0 Å². The molecule has 88 valence electrons. The number of hydrogen-bond acceptors (Lipinski definition) is 3. The van der Waals surface area contributed by atoms with Gasteiger partial charge in [-0.1, -0.05) is 6.42 Å². The molecule has 0 aliphatic heterocycles. The molecule has 2 rings (SSSR count). The summed E-state index contributed by atoms with van der Waals surface area (Å²) in [5.74, 6) is 0. The Kier molecular flexibility index (Phi) is 2.10. The van der Waals surface area contributed by atoms with Gasteiger partial charge in [-0.3, -0.25) is 18.5 Å². The van der Waals surface area contributed by atoms with Crippen LogP contribution in [0.1, 0.15) is 0 Å². The van der Waals surface area contributed by atoms with Gasteiger partial charge in [-0.25, -0.2) is 14.2 Å². The fraction of sp³-hybridized carbons (Fsp3) is 0.300. The van der Waals surface area contributed by atoms with Gasteiger partial charge in [0.05, 0.1) is 0 Å². The van der Waals surface area contributed by atoms with Crippen molar-refractivity contribution in [2.24, 2.45) is 21.1 Å². The molecule has 7 heteroatoms. The van der Waals surface area contributed by atoms with Crippen LogP contribution in [0, 0.1) is 12.5 Å². The van der Waals surface area contributed by atoms with Crippen molar-refractivity contribution >= 4 is 11.2 Å². The van der Waals surface area contributed by atoms with Gasteiger partial charge in [0.25, 0.3) is 5.56 Å². The van der Waals surface area contributed by atoms with Crippen molar-refractivity contribution in [3.05, 3.63) is 31.3 Å². The SMILES string of the molecule is C#Cn1c(=O)n(C)c2c(=O)n(C)c(=O)n(C)c21. The third kappa shape index (κ3) is 1.15. The van der Waals surface area contributed by atoms with E-state index in [2.05, 4.69) is 6.04 Å². The first-order valence-electron chi connectivity index (χ1n) is 4.76. The lowest BCUT2D eigenvalue weighted by Gasteiger charge is -2.04. The van der Waals surface area contributed by atoms with Crippen LogP contribution in [0.4, 0.5) is 0 Å². The van der Waals surface area contributed by atoms with Crippen molar-refractivity contribution in [1.29, 1.82) is 0 Å². The second-order valence-corrected chi connectivity index (χ2v) is 3.68. The maximum absolute atomic E-state index is 11.9. The maximum Gasteiger partial charge on any atom is 0.342 e. The van der Waals surface area contributed by atoms with Crippen molar-refractivity contribution in [1.82, 2.24) is 18.3 Å². The largest absolute Gasteiger partial charge is 0.342 e. The summed E-state index contributed by atoms with van der Waals surface area (Å²) in [4.78, 5) is 35.4. The molecule has 7 nitrogen and oxygen atoms in total. The van der Waals surface area contributed by atoms with Crippen LogP contribution in [0.3, 0.4) is 0 Å². The van der Waals surface area contributed by atoms with Gasteiger partial charge < -0.3 is 0 Å². The predicted octanol–water partition coefficient (Wildman–Crippen LogP) is -1.82. The average Bonchev–Trinajstić information content (AvgIpc) is 2.57. The highest BCUT2D eigenvalue weighted by molar-refractivity contribution is 5.71. The average molecular weight is 234 g/mol. The molecule has 0 spiro atoms. The highest BCUT2D eigenvalue weighted by atomic mass is 16.2. The smallest absolute Gasteiger partial charge is 0.288 e. The van der Waals surface area contributed by atoms with E-state index in [0.717, 1.165) is 13.7 Å². The number of aromatic nitrogens is 4. The van der Waals surface area contributed by atoms with Crippen LogP contribution in [0.2, 0.25) is 0 Å². The van der Waals surface area contributed by atoms with E-state index in [4.69, 9.17) is 6.42 Å². The molecule has 17 heavy (non-hydrogen) atoms. The Hall–Kier alpha value is -2.49. The highest BCUT2D eigenvalue weighted by Gasteiger charge is 2.18. The third-order valence-corrected chi connectivity index (χ3v) is 2.77. The van der Waals surface area contributed by atoms with Crippen molar-refractivity contribution < 1.29 is 0 Å². The van der Waals surface area contributed by atoms with Crippen LogP contribution in [-0.4, -0.2) is 18.3 Å². The minimum absolute atomic E-state index is 0.109. The van der Waals surface area contributed by atoms with E-state index in [1.807, 2.05) is 0 Å². The van der Waals surface area contributed by atoms with Crippen molar-refractivity contribution in [2.75, 3.05) is 0 Å². The molecule has 0 saturated carbocycles. The number of imidazole rings is 1. The Morgan fingerprint density at radius 3 is 2.06 bits per heavy atom. The van der Waals surface area contributed by atoms with Crippen LogP contribution in [0.5, 0.6) is 0 Å². The third-order valence-electron chi connectivity index (χ3n) is 2.77. The second-order valence-electron chi connectivity index (χ2n) is 3.68. The Labute approximate surface area is 95.1 Å². The molecular formula is C10H10N4O3.